The van der Waals surface area contributed by atoms with Crippen LogP contribution in [0.4, 0.5) is 0 Å². The molecule has 126 valence electrons. The van der Waals surface area contributed by atoms with E-state index in [-0.39, 0.29) is 19.1 Å². The van der Waals surface area contributed by atoms with Gasteiger partial charge in [0, 0.05) is 28.9 Å². The second-order valence-corrected chi connectivity index (χ2v) is 6.30. The summed E-state index contributed by atoms with van der Waals surface area (Å²) in [4.78, 5) is 25.0. The number of likely N-dealkylation sites (tertiary alicyclic amines) is 1. The van der Waals surface area contributed by atoms with Crippen LogP contribution < -0.4 is 4.74 Å². The number of nitrogens with zero attached hydrogens (tertiary/aromatic N) is 1. The maximum atomic E-state index is 12.3. The van der Waals surface area contributed by atoms with Gasteiger partial charge in [0.15, 0.2) is 6.61 Å². The number of benzene rings is 2. The molecule has 0 spiro atoms. The Labute approximate surface area is 144 Å². The van der Waals surface area contributed by atoms with Gasteiger partial charge in [-0.1, -0.05) is 35.9 Å². The summed E-state index contributed by atoms with van der Waals surface area (Å²) in [5, 5.41) is 11.5. The van der Waals surface area contributed by atoms with Gasteiger partial charge in [-0.3, -0.25) is 9.59 Å². The molecule has 1 heterocycles. The Morgan fingerprint density at radius 2 is 1.96 bits per heavy atom. The smallest absolute Gasteiger partial charge is 0.308 e. The van der Waals surface area contributed by atoms with E-state index in [1.807, 2.05) is 24.3 Å². The number of carbonyl (C=O) groups is 2. The average Bonchev–Trinajstić information content (AvgIpc) is 2.61. The molecule has 2 aromatic rings. The normalized spacial score (nSPS) is 17.7. The third-order valence-corrected chi connectivity index (χ3v) is 4.63. The predicted molar refractivity (Wildman–Crippen MR) is 91.4 cm³/mol. The Morgan fingerprint density at radius 3 is 2.71 bits per heavy atom. The van der Waals surface area contributed by atoms with Gasteiger partial charge in [0.2, 0.25) is 0 Å². The third-order valence-electron chi connectivity index (χ3n) is 4.31. The number of fused-ring (bicyclic) bond motifs is 1. The number of carboxylic acids is 1. The van der Waals surface area contributed by atoms with Crippen LogP contribution in [-0.2, 0) is 9.59 Å². The van der Waals surface area contributed by atoms with Crippen LogP contribution in [0.1, 0.15) is 12.8 Å². The molecular weight excluding hydrogens is 330 g/mol. The zero-order valence-electron chi connectivity index (χ0n) is 13.1. The molecule has 0 radical (unpaired) electrons. The summed E-state index contributed by atoms with van der Waals surface area (Å²) in [6.45, 7) is 0.712. The summed E-state index contributed by atoms with van der Waals surface area (Å²) in [5.41, 5.74) is 0. The SMILES string of the molecule is O=C(O)[C@H]1CCCN(C(=O)COc2ccc(Cl)c3ccccc23)C1. The van der Waals surface area contributed by atoms with Crippen LogP contribution in [0.3, 0.4) is 0 Å². The lowest BCUT2D eigenvalue weighted by molar-refractivity contribution is -0.146. The molecule has 1 amide bonds. The Balaban J connectivity index is 1.69. The van der Waals surface area contributed by atoms with Gasteiger partial charge >= 0.3 is 5.97 Å². The molecule has 5 nitrogen and oxygen atoms in total. The van der Waals surface area contributed by atoms with Gasteiger partial charge < -0.3 is 14.7 Å². The second-order valence-electron chi connectivity index (χ2n) is 5.90. The molecule has 1 aliphatic heterocycles. The fourth-order valence-corrected chi connectivity index (χ4v) is 3.22. The summed E-state index contributed by atoms with van der Waals surface area (Å²) in [6, 6.07) is 11.1. The second kappa shape index (κ2) is 7.09. The molecular formula is C18H18ClNO4. The molecule has 3 rings (SSSR count). The Kier molecular flexibility index (Phi) is 4.90. The minimum atomic E-state index is -0.850. The first-order valence-electron chi connectivity index (χ1n) is 7.87. The van der Waals surface area contributed by atoms with Crippen molar-refractivity contribution >= 4 is 34.2 Å². The Bertz CT molecular complexity index is 777. The molecule has 0 unspecified atom stereocenters. The standard InChI is InChI=1S/C18H18ClNO4/c19-15-7-8-16(14-6-2-1-5-13(14)15)24-11-17(21)20-9-3-4-12(10-20)18(22)23/h1-2,5-8,12H,3-4,9-11H2,(H,22,23)/t12-/m0/s1. The summed E-state index contributed by atoms with van der Waals surface area (Å²) < 4.78 is 5.69. The van der Waals surface area contributed by atoms with E-state index in [1.54, 1.807) is 17.0 Å². The number of hydrogen-bond donors (Lipinski definition) is 1. The van der Waals surface area contributed by atoms with E-state index in [0.29, 0.717) is 30.2 Å². The van der Waals surface area contributed by atoms with Gasteiger partial charge in [-0.05, 0) is 25.0 Å². The monoisotopic (exact) mass is 347 g/mol. The van der Waals surface area contributed by atoms with Gasteiger partial charge in [-0.15, -0.1) is 0 Å². The molecule has 0 aromatic heterocycles. The van der Waals surface area contributed by atoms with Crippen LogP contribution in [0, 0.1) is 5.92 Å². The van der Waals surface area contributed by atoms with Crippen LogP contribution in [0.5, 0.6) is 5.75 Å². The van der Waals surface area contributed by atoms with Gasteiger partial charge in [-0.2, -0.15) is 0 Å². The quantitative estimate of drug-likeness (QED) is 0.922. The molecule has 24 heavy (non-hydrogen) atoms. The fourth-order valence-electron chi connectivity index (χ4n) is 3.00. The van der Waals surface area contributed by atoms with Crippen LogP contribution in [-0.4, -0.2) is 41.6 Å². The first-order valence-corrected chi connectivity index (χ1v) is 8.24. The molecule has 2 aromatic carbocycles. The molecule has 0 bridgehead atoms. The molecule has 0 saturated carbocycles. The van der Waals surface area contributed by atoms with Crippen molar-refractivity contribution in [2.75, 3.05) is 19.7 Å². The lowest BCUT2D eigenvalue weighted by atomic mass is 9.98. The maximum absolute atomic E-state index is 12.3. The highest BCUT2D eigenvalue weighted by molar-refractivity contribution is 6.35. The zero-order valence-corrected chi connectivity index (χ0v) is 13.8. The van der Waals surface area contributed by atoms with Crippen LogP contribution in [0.15, 0.2) is 36.4 Å². The van der Waals surface area contributed by atoms with Crippen LogP contribution >= 0.6 is 11.6 Å². The number of carboxylic acid groups (broad SMARTS) is 1. The number of rotatable bonds is 4. The van der Waals surface area contributed by atoms with E-state index in [4.69, 9.17) is 21.4 Å². The van der Waals surface area contributed by atoms with Crippen molar-refractivity contribution in [2.45, 2.75) is 12.8 Å². The van der Waals surface area contributed by atoms with E-state index in [0.717, 1.165) is 10.8 Å². The van der Waals surface area contributed by atoms with Crippen molar-refractivity contribution in [3.05, 3.63) is 41.4 Å². The number of ether oxygens (including phenoxy) is 1. The largest absolute Gasteiger partial charge is 0.483 e. The minimum Gasteiger partial charge on any atom is -0.483 e. The number of aliphatic carboxylic acids is 1. The Morgan fingerprint density at radius 1 is 1.21 bits per heavy atom. The van der Waals surface area contributed by atoms with Crippen molar-refractivity contribution in [1.29, 1.82) is 0 Å². The number of carbonyl (C=O) groups excluding carboxylic acids is 1. The molecule has 1 N–H and O–H groups in total. The van der Waals surface area contributed by atoms with Crippen molar-refractivity contribution in [1.82, 2.24) is 4.90 Å². The van der Waals surface area contributed by atoms with E-state index in [1.165, 1.54) is 0 Å². The van der Waals surface area contributed by atoms with Crippen molar-refractivity contribution in [2.24, 2.45) is 5.92 Å². The topological polar surface area (TPSA) is 66.8 Å². The third kappa shape index (κ3) is 3.46. The maximum Gasteiger partial charge on any atom is 0.308 e. The van der Waals surface area contributed by atoms with Gasteiger partial charge in [-0.25, -0.2) is 0 Å². The van der Waals surface area contributed by atoms with Crippen molar-refractivity contribution < 1.29 is 19.4 Å². The summed E-state index contributed by atoms with van der Waals surface area (Å²) >= 11 is 6.17. The molecule has 1 atom stereocenters. The van der Waals surface area contributed by atoms with E-state index in [9.17, 15) is 9.59 Å². The molecule has 1 saturated heterocycles. The molecule has 6 heteroatoms. The van der Waals surface area contributed by atoms with Crippen molar-refractivity contribution in [3.63, 3.8) is 0 Å². The molecule has 1 aliphatic rings. The average molecular weight is 348 g/mol. The number of amides is 1. The van der Waals surface area contributed by atoms with Crippen LogP contribution in [0.2, 0.25) is 5.02 Å². The van der Waals surface area contributed by atoms with Gasteiger partial charge in [0.25, 0.3) is 5.91 Å². The van der Waals surface area contributed by atoms with Gasteiger partial charge in [0.05, 0.1) is 5.92 Å². The fraction of sp³-hybridized carbons (Fsp3) is 0.333. The van der Waals surface area contributed by atoms with Crippen molar-refractivity contribution in [3.8, 4) is 5.75 Å². The highest BCUT2D eigenvalue weighted by Crippen LogP contribution is 2.31. The lowest BCUT2D eigenvalue weighted by Gasteiger charge is -2.30. The van der Waals surface area contributed by atoms with E-state index in [2.05, 4.69) is 0 Å². The first-order chi connectivity index (χ1) is 11.6. The van der Waals surface area contributed by atoms with Gasteiger partial charge in [0.1, 0.15) is 5.75 Å². The summed E-state index contributed by atoms with van der Waals surface area (Å²) in [6.07, 6.45) is 1.31. The first kappa shape index (κ1) is 16.6. The zero-order chi connectivity index (χ0) is 17.1. The summed E-state index contributed by atoms with van der Waals surface area (Å²) in [5.74, 6) is -0.939. The van der Waals surface area contributed by atoms with E-state index >= 15 is 0 Å². The number of halogens is 1. The number of hydrogen-bond acceptors (Lipinski definition) is 3. The van der Waals surface area contributed by atoms with Crippen LogP contribution in [0.25, 0.3) is 10.8 Å². The highest BCUT2D eigenvalue weighted by Gasteiger charge is 2.28. The molecule has 0 aliphatic carbocycles. The minimum absolute atomic E-state index is 0.113. The number of piperidine rings is 1. The summed E-state index contributed by atoms with van der Waals surface area (Å²) in [7, 11) is 0. The predicted octanol–water partition coefficient (Wildman–Crippen LogP) is 3.20. The Hall–Kier alpha value is -2.27. The lowest BCUT2D eigenvalue weighted by Crippen LogP contribution is -2.44. The highest BCUT2D eigenvalue weighted by atomic mass is 35.5. The van der Waals surface area contributed by atoms with E-state index < -0.39 is 11.9 Å². The molecule has 1 fully saturated rings.